The topological polar surface area (TPSA) is 52.6 Å². The second kappa shape index (κ2) is 7.43. The number of esters is 2. The smallest absolute Gasteiger partial charge is 0.347 e. The first-order valence-electron chi connectivity index (χ1n) is 7.86. The number of rotatable bonds is 6. The van der Waals surface area contributed by atoms with E-state index in [2.05, 4.69) is 12.1 Å². The Morgan fingerprint density at radius 2 is 2.00 bits per heavy atom. The van der Waals surface area contributed by atoms with Gasteiger partial charge in [0.05, 0.1) is 13.5 Å². The predicted molar refractivity (Wildman–Crippen MR) is 83.5 cm³/mol. The number of hydrogen-bond donors (Lipinski definition) is 0. The largest absolute Gasteiger partial charge is 0.466 e. The van der Waals surface area contributed by atoms with Crippen LogP contribution in [0.15, 0.2) is 24.3 Å². The molecule has 120 valence electrons. The summed E-state index contributed by atoms with van der Waals surface area (Å²) in [6, 6.07) is 8.21. The number of aryl methyl sites for hydroxylation is 1. The van der Waals surface area contributed by atoms with Crippen molar-refractivity contribution in [2.45, 2.75) is 51.6 Å². The molecule has 4 nitrogen and oxygen atoms in total. The van der Waals surface area contributed by atoms with E-state index >= 15 is 0 Å². The van der Waals surface area contributed by atoms with Crippen LogP contribution in [-0.2, 0) is 25.5 Å². The van der Waals surface area contributed by atoms with E-state index in [1.54, 1.807) is 0 Å². The van der Waals surface area contributed by atoms with Crippen LogP contribution in [0.3, 0.4) is 0 Å². The average Bonchev–Trinajstić information content (AvgIpc) is 2.88. The van der Waals surface area contributed by atoms with Crippen LogP contribution < -0.4 is 0 Å². The van der Waals surface area contributed by atoms with Crippen LogP contribution in [0.1, 0.15) is 50.2 Å². The number of fused-ring (bicyclic) bond motifs is 1. The first-order chi connectivity index (χ1) is 10.5. The zero-order valence-electron chi connectivity index (χ0n) is 13.5. The summed E-state index contributed by atoms with van der Waals surface area (Å²) in [5, 5.41) is 0. The minimum Gasteiger partial charge on any atom is -0.466 e. The maximum Gasteiger partial charge on any atom is 0.347 e. The number of carbonyl (C=O) groups is 2. The Balaban J connectivity index is 1.96. The molecule has 4 heteroatoms. The molecule has 0 radical (unpaired) electrons. The summed E-state index contributed by atoms with van der Waals surface area (Å²) in [5.74, 6) is -0.350. The van der Waals surface area contributed by atoms with Gasteiger partial charge in [0.1, 0.15) is 0 Å². The average molecular weight is 304 g/mol. The molecule has 0 amide bonds. The molecule has 0 spiro atoms. The van der Waals surface area contributed by atoms with Gasteiger partial charge in [0.15, 0.2) is 6.10 Å². The quantitative estimate of drug-likeness (QED) is 0.757. The number of methoxy groups -OCH3 is 1. The first kappa shape index (κ1) is 16.5. The molecule has 1 aliphatic carbocycles. The van der Waals surface area contributed by atoms with Gasteiger partial charge in [0, 0.05) is 0 Å². The van der Waals surface area contributed by atoms with Crippen molar-refractivity contribution in [1.82, 2.24) is 0 Å². The molecule has 0 aromatic heterocycles. The Labute approximate surface area is 131 Å². The van der Waals surface area contributed by atoms with Gasteiger partial charge >= 0.3 is 11.9 Å². The van der Waals surface area contributed by atoms with E-state index in [1.807, 2.05) is 26.0 Å². The first-order valence-corrected chi connectivity index (χ1v) is 7.86. The zero-order valence-corrected chi connectivity index (χ0v) is 13.5. The molecule has 0 fully saturated rings. The van der Waals surface area contributed by atoms with Crippen molar-refractivity contribution < 1.29 is 19.1 Å². The van der Waals surface area contributed by atoms with Crippen LogP contribution >= 0.6 is 0 Å². The van der Waals surface area contributed by atoms with E-state index in [4.69, 9.17) is 9.47 Å². The highest BCUT2D eigenvalue weighted by Gasteiger charge is 2.29. The highest BCUT2D eigenvalue weighted by molar-refractivity contribution is 5.79. The standard InChI is InChI=1S/C18H24O4/c1-12(2)10-16(18(20)21-3)22-17(19)11-14-9-8-13-6-4-5-7-15(13)14/h4-7,12,14,16H,8-11H2,1-3H3. The SMILES string of the molecule is COC(=O)C(CC(C)C)OC(=O)CC1CCc2ccccc21. The fourth-order valence-electron chi connectivity index (χ4n) is 3.02. The fourth-order valence-corrected chi connectivity index (χ4v) is 3.02. The van der Waals surface area contributed by atoms with Crippen LogP contribution in [0.2, 0.25) is 0 Å². The van der Waals surface area contributed by atoms with Crippen LogP contribution in [0.25, 0.3) is 0 Å². The highest BCUT2D eigenvalue weighted by Crippen LogP contribution is 2.35. The summed E-state index contributed by atoms with van der Waals surface area (Å²) in [6.07, 6.45) is 1.97. The van der Waals surface area contributed by atoms with Gasteiger partial charge in [-0.05, 0) is 42.2 Å². The minimum absolute atomic E-state index is 0.195. The van der Waals surface area contributed by atoms with Crippen molar-refractivity contribution in [2.24, 2.45) is 5.92 Å². The number of ether oxygens (including phenoxy) is 2. The van der Waals surface area contributed by atoms with Gasteiger partial charge in [0.2, 0.25) is 0 Å². The van der Waals surface area contributed by atoms with Crippen molar-refractivity contribution in [2.75, 3.05) is 7.11 Å². The van der Waals surface area contributed by atoms with Crippen molar-refractivity contribution in [3.8, 4) is 0 Å². The van der Waals surface area contributed by atoms with Crippen LogP contribution in [0.4, 0.5) is 0 Å². The van der Waals surface area contributed by atoms with Gasteiger partial charge in [-0.15, -0.1) is 0 Å². The molecule has 2 unspecified atom stereocenters. The molecule has 0 N–H and O–H groups in total. The second-order valence-corrected chi connectivity index (χ2v) is 6.27. The van der Waals surface area contributed by atoms with Gasteiger partial charge in [-0.25, -0.2) is 4.79 Å². The Morgan fingerprint density at radius 1 is 1.27 bits per heavy atom. The summed E-state index contributed by atoms with van der Waals surface area (Å²) in [4.78, 5) is 23.9. The van der Waals surface area contributed by atoms with Crippen molar-refractivity contribution in [1.29, 1.82) is 0 Å². The van der Waals surface area contributed by atoms with E-state index in [9.17, 15) is 9.59 Å². The molecule has 2 rings (SSSR count). The lowest BCUT2D eigenvalue weighted by Crippen LogP contribution is -2.30. The van der Waals surface area contributed by atoms with E-state index in [0.29, 0.717) is 12.8 Å². The van der Waals surface area contributed by atoms with Crippen LogP contribution in [-0.4, -0.2) is 25.2 Å². The molecule has 1 aromatic rings. The minimum atomic E-state index is -0.797. The second-order valence-electron chi connectivity index (χ2n) is 6.27. The fraction of sp³-hybridized carbons (Fsp3) is 0.556. The van der Waals surface area contributed by atoms with Gasteiger partial charge in [0.25, 0.3) is 0 Å². The van der Waals surface area contributed by atoms with Crippen molar-refractivity contribution >= 4 is 11.9 Å². The van der Waals surface area contributed by atoms with Crippen LogP contribution in [0, 0.1) is 5.92 Å². The summed E-state index contributed by atoms with van der Waals surface area (Å²) in [5.41, 5.74) is 2.55. The lowest BCUT2D eigenvalue weighted by molar-refractivity contribution is -0.167. The van der Waals surface area contributed by atoms with E-state index in [-0.39, 0.29) is 17.8 Å². The molecular weight excluding hydrogens is 280 g/mol. The van der Waals surface area contributed by atoms with Gasteiger partial charge < -0.3 is 9.47 Å². The summed E-state index contributed by atoms with van der Waals surface area (Å²) >= 11 is 0. The normalized spacial score (nSPS) is 17.9. The Morgan fingerprint density at radius 3 is 2.68 bits per heavy atom. The van der Waals surface area contributed by atoms with Crippen molar-refractivity contribution in [3.63, 3.8) is 0 Å². The van der Waals surface area contributed by atoms with Crippen LogP contribution in [0.5, 0.6) is 0 Å². The molecule has 1 aliphatic rings. The Kier molecular flexibility index (Phi) is 5.58. The maximum absolute atomic E-state index is 12.2. The van der Waals surface area contributed by atoms with Crippen molar-refractivity contribution in [3.05, 3.63) is 35.4 Å². The van der Waals surface area contributed by atoms with E-state index in [1.165, 1.54) is 18.2 Å². The molecular formula is C18H24O4. The maximum atomic E-state index is 12.2. The lowest BCUT2D eigenvalue weighted by Gasteiger charge is -2.19. The third-order valence-corrected chi connectivity index (χ3v) is 4.09. The Bertz CT molecular complexity index is 536. The molecule has 1 aromatic carbocycles. The van der Waals surface area contributed by atoms with Gasteiger partial charge in [-0.2, -0.15) is 0 Å². The molecule has 2 atom stereocenters. The summed E-state index contributed by atoms with van der Waals surface area (Å²) in [7, 11) is 1.32. The summed E-state index contributed by atoms with van der Waals surface area (Å²) in [6.45, 7) is 3.97. The predicted octanol–water partition coefficient (Wildman–Crippen LogP) is 3.24. The number of benzene rings is 1. The highest BCUT2D eigenvalue weighted by atomic mass is 16.6. The molecule has 22 heavy (non-hydrogen) atoms. The number of hydrogen-bond acceptors (Lipinski definition) is 4. The van der Waals surface area contributed by atoms with E-state index < -0.39 is 12.1 Å². The number of carbonyl (C=O) groups excluding carboxylic acids is 2. The van der Waals surface area contributed by atoms with Gasteiger partial charge in [-0.3, -0.25) is 4.79 Å². The molecule has 0 aliphatic heterocycles. The van der Waals surface area contributed by atoms with Gasteiger partial charge in [-0.1, -0.05) is 38.1 Å². The summed E-state index contributed by atoms with van der Waals surface area (Å²) < 4.78 is 10.1. The molecule has 0 saturated carbocycles. The molecule has 0 heterocycles. The monoisotopic (exact) mass is 304 g/mol. The molecule has 0 bridgehead atoms. The lowest BCUT2D eigenvalue weighted by atomic mass is 9.98. The third-order valence-electron chi connectivity index (χ3n) is 4.09. The third kappa shape index (κ3) is 4.09. The van der Waals surface area contributed by atoms with E-state index in [0.717, 1.165) is 12.8 Å². The molecule has 0 saturated heterocycles. The zero-order chi connectivity index (χ0) is 16.1. The Hall–Kier alpha value is -1.84.